The third kappa shape index (κ3) is 14.0. The maximum Gasteiger partial charge on any atom is 0.243 e. The van der Waals surface area contributed by atoms with Crippen molar-refractivity contribution < 1.29 is 38.7 Å². The summed E-state index contributed by atoms with van der Waals surface area (Å²) in [5.41, 5.74) is 13.4. The predicted molar refractivity (Wildman–Crippen MR) is 193 cm³/mol. The fourth-order valence-electron chi connectivity index (χ4n) is 5.09. The number of rotatable bonds is 19. The second-order valence-corrected chi connectivity index (χ2v) is 13.3. The van der Waals surface area contributed by atoms with Gasteiger partial charge in [-0.05, 0) is 60.9 Å². The molecule has 0 saturated carbocycles. The zero-order valence-corrected chi connectivity index (χ0v) is 30.4. The summed E-state index contributed by atoms with van der Waals surface area (Å²) in [4.78, 5) is 89.2. The Morgan fingerprint density at radius 2 is 1.27 bits per heavy atom. The largest absolute Gasteiger partial charge is 0.508 e. The normalized spacial score (nSPS) is 13.9. The Bertz CT molecular complexity index is 1580. The number of nitrogens with two attached hydrogens (primary N) is 2. The lowest BCUT2D eigenvalue weighted by molar-refractivity contribution is -0.134. The number of primary amides is 1. The number of benzene rings is 2. The molecule has 16 nitrogen and oxygen atoms in total. The van der Waals surface area contributed by atoms with Crippen LogP contribution in [0.4, 0.5) is 0 Å². The van der Waals surface area contributed by atoms with Gasteiger partial charge in [0.1, 0.15) is 29.9 Å². The first-order valence-electron chi connectivity index (χ1n) is 17.0. The molecule has 2 aromatic carbocycles. The van der Waals surface area contributed by atoms with Gasteiger partial charge in [-0.3, -0.25) is 33.6 Å². The van der Waals surface area contributed by atoms with Gasteiger partial charge >= 0.3 is 0 Å². The summed E-state index contributed by atoms with van der Waals surface area (Å²) in [5, 5.41) is 24.9. The second kappa shape index (κ2) is 20.4. The monoisotopic (exact) mass is 724 g/mol. The predicted octanol–water partition coefficient (Wildman–Crippen LogP) is -1.20. The summed E-state index contributed by atoms with van der Waals surface area (Å²) >= 11 is 0. The summed E-state index contributed by atoms with van der Waals surface area (Å²) in [6.07, 6.45) is 0.225. The molecule has 16 heteroatoms. The van der Waals surface area contributed by atoms with E-state index >= 15 is 0 Å². The third-order valence-electron chi connectivity index (χ3n) is 8.14. The van der Waals surface area contributed by atoms with Gasteiger partial charge in [0, 0.05) is 6.42 Å². The van der Waals surface area contributed by atoms with Crippen LogP contribution in [0.25, 0.3) is 0 Å². The van der Waals surface area contributed by atoms with Crippen LogP contribution in [0.3, 0.4) is 0 Å². The first-order chi connectivity index (χ1) is 24.4. The van der Waals surface area contributed by atoms with Crippen LogP contribution in [-0.2, 0) is 46.4 Å². The lowest BCUT2D eigenvalue weighted by atomic mass is 9.99. The highest BCUT2D eigenvalue weighted by Gasteiger charge is 2.31. The average Bonchev–Trinajstić information content (AvgIpc) is 3.08. The fourth-order valence-corrected chi connectivity index (χ4v) is 5.09. The molecule has 52 heavy (non-hydrogen) atoms. The molecule has 0 unspecified atom stereocenters. The van der Waals surface area contributed by atoms with Crippen LogP contribution >= 0.6 is 0 Å². The average molecular weight is 725 g/mol. The van der Waals surface area contributed by atoms with Crippen molar-refractivity contribution in [2.75, 3.05) is 13.1 Å². The minimum Gasteiger partial charge on any atom is -0.508 e. The molecule has 0 aromatic heterocycles. The van der Waals surface area contributed by atoms with Crippen molar-refractivity contribution in [1.82, 2.24) is 31.9 Å². The molecule has 0 aliphatic rings. The van der Waals surface area contributed by atoms with Crippen molar-refractivity contribution in [2.45, 2.75) is 84.6 Å². The van der Waals surface area contributed by atoms with E-state index in [1.807, 2.05) is 0 Å². The zero-order chi connectivity index (χ0) is 39.1. The first kappa shape index (κ1) is 42.7. The molecule has 0 aliphatic heterocycles. The van der Waals surface area contributed by atoms with Crippen molar-refractivity contribution in [1.29, 1.82) is 0 Å². The summed E-state index contributed by atoms with van der Waals surface area (Å²) in [6.45, 7) is 9.04. The van der Waals surface area contributed by atoms with Gasteiger partial charge in [0.15, 0.2) is 0 Å². The number of nitrogens with one attached hydrogen (secondary N) is 6. The van der Waals surface area contributed by atoms with E-state index in [4.69, 9.17) is 11.5 Å². The van der Waals surface area contributed by atoms with E-state index < -0.39 is 90.6 Å². The van der Waals surface area contributed by atoms with Gasteiger partial charge < -0.3 is 48.5 Å². The van der Waals surface area contributed by atoms with E-state index in [2.05, 4.69) is 31.9 Å². The quantitative estimate of drug-likeness (QED) is 0.0842. The highest BCUT2D eigenvalue weighted by molar-refractivity contribution is 5.96. The molecule has 0 bridgehead atoms. The lowest BCUT2D eigenvalue weighted by Gasteiger charge is -2.27. The lowest BCUT2D eigenvalue weighted by Crippen LogP contribution is -2.58. The van der Waals surface area contributed by atoms with Crippen LogP contribution in [0.15, 0.2) is 48.5 Å². The van der Waals surface area contributed by atoms with E-state index in [0.717, 1.165) is 11.1 Å². The Morgan fingerprint density at radius 3 is 1.85 bits per heavy atom. The topological polar surface area (TPSA) is 264 Å². The van der Waals surface area contributed by atoms with Gasteiger partial charge in [-0.25, -0.2) is 0 Å². The number of hydrogen-bond acceptors (Lipinski definition) is 9. The highest BCUT2D eigenvalue weighted by atomic mass is 16.3. The van der Waals surface area contributed by atoms with Crippen LogP contribution in [0.1, 0.15) is 51.3 Å². The van der Waals surface area contributed by atoms with Gasteiger partial charge in [-0.1, -0.05) is 64.1 Å². The molecule has 11 N–H and O–H groups in total. The smallest absolute Gasteiger partial charge is 0.243 e. The number of amides is 7. The van der Waals surface area contributed by atoms with Gasteiger partial charge in [0.2, 0.25) is 41.4 Å². The number of aromatic hydroxyl groups is 1. The van der Waals surface area contributed by atoms with Crippen LogP contribution < -0.4 is 43.4 Å². The summed E-state index contributed by atoms with van der Waals surface area (Å²) in [5.74, 6) is -5.36. The Kier molecular flexibility index (Phi) is 16.7. The molecule has 7 amide bonds. The van der Waals surface area contributed by atoms with E-state index in [1.165, 1.54) is 13.0 Å². The van der Waals surface area contributed by atoms with Crippen LogP contribution in [0.2, 0.25) is 0 Å². The first-order valence-corrected chi connectivity index (χ1v) is 17.0. The van der Waals surface area contributed by atoms with Gasteiger partial charge in [0.25, 0.3) is 0 Å². The Labute approximate surface area is 303 Å². The molecule has 2 aromatic rings. The van der Waals surface area contributed by atoms with Crippen molar-refractivity contribution >= 4 is 41.4 Å². The molecule has 0 heterocycles. The van der Waals surface area contributed by atoms with E-state index in [1.54, 1.807) is 77.1 Å². The molecular formula is C36H52N8O8. The highest BCUT2D eigenvalue weighted by Crippen LogP contribution is 2.17. The van der Waals surface area contributed by atoms with Gasteiger partial charge in [0.05, 0.1) is 19.1 Å². The summed E-state index contributed by atoms with van der Waals surface area (Å²) < 4.78 is 0. The van der Waals surface area contributed by atoms with E-state index in [0.29, 0.717) is 5.56 Å². The van der Waals surface area contributed by atoms with Gasteiger partial charge in [-0.15, -0.1) is 0 Å². The molecule has 284 valence electrons. The van der Waals surface area contributed by atoms with Crippen LogP contribution in [0, 0.1) is 18.8 Å². The molecule has 5 atom stereocenters. The fraction of sp³-hybridized carbons (Fsp3) is 0.472. The van der Waals surface area contributed by atoms with Crippen molar-refractivity contribution in [3.8, 4) is 5.75 Å². The number of hydrogen-bond donors (Lipinski definition) is 9. The number of phenolic OH excluding ortho intramolecular Hbond substituents is 1. The molecule has 0 aliphatic carbocycles. The van der Waals surface area contributed by atoms with Gasteiger partial charge in [-0.2, -0.15) is 0 Å². The zero-order valence-electron chi connectivity index (χ0n) is 30.4. The molecule has 2 rings (SSSR count). The molecule has 0 saturated heterocycles. The maximum atomic E-state index is 13.4. The van der Waals surface area contributed by atoms with Crippen molar-refractivity contribution in [3.05, 3.63) is 65.2 Å². The molecule has 0 spiro atoms. The number of carbonyl (C=O) groups is 7. The van der Waals surface area contributed by atoms with Crippen LogP contribution in [-0.4, -0.2) is 89.8 Å². The van der Waals surface area contributed by atoms with E-state index in [-0.39, 0.29) is 24.5 Å². The van der Waals surface area contributed by atoms with Crippen molar-refractivity contribution in [3.63, 3.8) is 0 Å². The summed E-state index contributed by atoms with van der Waals surface area (Å²) in [6, 6.07) is 8.25. The second-order valence-electron chi connectivity index (χ2n) is 13.3. The molecular weight excluding hydrogens is 672 g/mol. The standard InChI is InChI=1S/C36H52N8O8/c1-19(2)30(35(51)39-17-28(38)46)44-36(52)31(20(3)4)43-29(47)18-40-34(50)27(15-23-10-8-7-9-11-23)42-32(48)22(6)41-33(49)26(37)16-24-12-13-25(45)14-21(24)5/h7-14,19-20,22,26-27,30-31,45H,15-18,37H2,1-6H3,(H2,38,46)(H,39,51)(H,40,50)(H,41,49)(H,42,48)(H,43,47)(H,44,52)/t22-,26+,27+,30+,31+/m1/s1. The maximum absolute atomic E-state index is 13.4. The third-order valence-corrected chi connectivity index (χ3v) is 8.14. The van der Waals surface area contributed by atoms with Crippen molar-refractivity contribution in [2.24, 2.45) is 23.3 Å². The number of carbonyl (C=O) groups excluding carboxylic acids is 7. The Morgan fingerprint density at radius 1 is 0.673 bits per heavy atom. The SMILES string of the molecule is Cc1cc(O)ccc1C[C@H](N)C(=O)N[C@H](C)C(=O)N[C@@H](Cc1ccccc1)C(=O)NCC(=O)N[C@H](C(=O)N[C@H](C(=O)NCC(N)=O)C(C)C)C(C)C. The minimum atomic E-state index is -1.15. The Balaban J connectivity index is 2.06. The Hall–Kier alpha value is -5.51. The van der Waals surface area contributed by atoms with E-state index in [9.17, 15) is 38.7 Å². The van der Waals surface area contributed by atoms with Crippen LogP contribution in [0.5, 0.6) is 5.75 Å². The molecule has 0 fully saturated rings. The molecule has 0 radical (unpaired) electrons. The summed E-state index contributed by atoms with van der Waals surface area (Å²) in [7, 11) is 0. The number of phenols is 1. The number of aryl methyl sites for hydroxylation is 1. The minimum absolute atomic E-state index is 0.0613.